The zero-order chi connectivity index (χ0) is 4.83. The van der Waals surface area contributed by atoms with Crippen molar-refractivity contribution in [3.05, 3.63) is 12.2 Å². The van der Waals surface area contributed by atoms with Gasteiger partial charge in [-0.05, 0) is 12.8 Å². The van der Waals surface area contributed by atoms with Crippen molar-refractivity contribution >= 4 is 23.1 Å². The molecule has 0 rings (SSSR count). The summed E-state index contributed by atoms with van der Waals surface area (Å²) in [5.41, 5.74) is 0. The van der Waals surface area contributed by atoms with E-state index in [2.05, 4.69) is 26.0 Å². The minimum atomic E-state index is 0. The molecule has 0 saturated heterocycles. The third-order valence-corrected chi connectivity index (χ3v) is 0.638. The van der Waals surface area contributed by atoms with Crippen LogP contribution in [0.4, 0.5) is 0 Å². The Bertz CT molecular complexity index is 40.3. The molecule has 0 unspecified atom stereocenters. The van der Waals surface area contributed by atoms with Crippen LogP contribution in [0, 0.1) is 0 Å². The molecule has 0 nitrogen and oxygen atoms in total. The molecule has 0 spiro atoms. The van der Waals surface area contributed by atoms with Crippen molar-refractivity contribution < 1.29 is 48.0 Å². The summed E-state index contributed by atoms with van der Waals surface area (Å²) in [5, 5.41) is 0. The maximum absolute atomic E-state index is 2.18. The molecule has 0 aliphatic carbocycles. The van der Waals surface area contributed by atoms with Gasteiger partial charge in [-0.15, -0.1) is 0 Å². The van der Waals surface area contributed by atoms with Crippen LogP contribution >= 0.6 is 0 Å². The molecule has 0 fully saturated rings. The van der Waals surface area contributed by atoms with Crippen molar-refractivity contribution in [3.63, 3.8) is 0 Å². The average molecular weight is 362 g/mol. The van der Waals surface area contributed by atoms with Gasteiger partial charge in [0.1, 0.15) is 0 Å². The van der Waals surface area contributed by atoms with E-state index in [0.29, 0.717) is 0 Å². The van der Waals surface area contributed by atoms with E-state index >= 15 is 0 Å². The Morgan fingerprint density at radius 3 is 1.22 bits per heavy atom. The van der Waals surface area contributed by atoms with E-state index in [0.717, 1.165) is 0 Å². The molecule has 0 aliphatic rings. The molecule has 0 radical (unpaired) electrons. The Morgan fingerprint density at radius 2 is 1.11 bits per heavy atom. The van der Waals surface area contributed by atoms with Gasteiger partial charge in [-0.3, -0.25) is 0 Å². The second-order valence-corrected chi connectivity index (χ2v) is 1.29. The number of allylic oxidation sites excluding steroid dienone is 2. The topological polar surface area (TPSA) is 0 Å². The zero-order valence-electron chi connectivity index (χ0n) is 6.03. The monoisotopic (exact) mass is 362 g/mol. The predicted molar refractivity (Wildman–Crippen MR) is 35.5 cm³/mol. The van der Waals surface area contributed by atoms with Crippen molar-refractivity contribution in [2.24, 2.45) is 0 Å². The zero-order valence-corrected chi connectivity index (χ0v) is 11.8. The summed E-state index contributed by atoms with van der Waals surface area (Å²) in [6, 6.07) is 0. The second kappa shape index (κ2) is 22.5. The van der Waals surface area contributed by atoms with E-state index in [1.165, 1.54) is 12.8 Å². The Balaban J connectivity index is -0.0000000417. The molecule has 0 heterocycles. The van der Waals surface area contributed by atoms with Gasteiger partial charge >= 0.3 is 23.1 Å². The number of hydrogen-bond acceptors (Lipinski definition) is 0. The quantitative estimate of drug-likeness (QED) is 0.267. The van der Waals surface area contributed by atoms with Crippen LogP contribution < -0.4 is 48.0 Å². The normalized spacial score (nSPS) is 6.89. The molecule has 0 amide bonds. The van der Waals surface area contributed by atoms with Crippen molar-refractivity contribution in [1.29, 1.82) is 0 Å². The molecule has 0 saturated carbocycles. The summed E-state index contributed by atoms with van der Waals surface area (Å²) in [6.45, 7) is 4.29. The Morgan fingerprint density at radius 1 is 0.889 bits per heavy atom. The third-order valence-electron chi connectivity index (χ3n) is 0.638. The van der Waals surface area contributed by atoms with E-state index in [1.807, 2.05) is 0 Å². The van der Waals surface area contributed by atoms with Crippen molar-refractivity contribution in [2.45, 2.75) is 26.7 Å². The number of rotatable bonds is 2. The first-order valence-corrected chi connectivity index (χ1v) is 2.56. The molecular formula is C6H12I2Mg. The second-order valence-electron chi connectivity index (χ2n) is 1.29. The first-order valence-electron chi connectivity index (χ1n) is 2.56. The minimum absolute atomic E-state index is 0. The van der Waals surface area contributed by atoms with Crippen LogP contribution in [0.5, 0.6) is 0 Å². The van der Waals surface area contributed by atoms with E-state index < -0.39 is 0 Å². The molecule has 0 aliphatic heterocycles. The van der Waals surface area contributed by atoms with Gasteiger partial charge in [0, 0.05) is 0 Å². The molecule has 9 heavy (non-hydrogen) atoms. The SMILES string of the molecule is CC/C=C\CC.[I-].[I-].[Mg+2]. The Hall–Kier alpha value is 1.97. The van der Waals surface area contributed by atoms with E-state index in [9.17, 15) is 0 Å². The fourth-order valence-corrected chi connectivity index (χ4v) is 0.333. The molecule has 3 heteroatoms. The molecule has 52 valence electrons. The van der Waals surface area contributed by atoms with Gasteiger partial charge in [-0.1, -0.05) is 26.0 Å². The molecule has 0 atom stereocenters. The van der Waals surface area contributed by atoms with Crippen LogP contribution in [0.1, 0.15) is 26.7 Å². The molecular weight excluding hydrogens is 350 g/mol. The van der Waals surface area contributed by atoms with Gasteiger partial charge in [0.05, 0.1) is 0 Å². The number of hydrogen-bond donors (Lipinski definition) is 0. The molecule has 0 aromatic heterocycles. The third kappa shape index (κ3) is 25.6. The van der Waals surface area contributed by atoms with Crippen molar-refractivity contribution in [2.75, 3.05) is 0 Å². The first-order chi connectivity index (χ1) is 2.91. The standard InChI is InChI=1S/C6H12.2HI.Mg/c1-3-5-6-4-2;;;/h5-6H,3-4H2,1-2H3;2*1H;/q;;;+2/p-2/b6-5-;;;. The van der Waals surface area contributed by atoms with Crippen molar-refractivity contribution in [1.82, 2.24) is 0 Å². The first kappa shape index (κ1) is 22.4. The Labute approximate surface area is 108 Å². The summed E-state index contributed by atoms with van der Waals surface area (Å²) >= 11 is 0. The molecule has 0 N–H and O–H groups in total. The average Bonchev–Trinajstić information content (AvgIpc) is 1.61. The summed E-state index contributed by atoms with van der Waals surface area (Å²) in [4.78, 5) is 0. The maximum atomic E-state index is 2.18. The maximum Gasteiger partial charge on any atom is 2.00 e. The van der Waals surface area contributed by atoms with E-state index in [1.54, 1.807) is 0 Å². The molecule has 0 bridgehead atoms. The predicted octanol–water partition coefficient (Wildman–Crippen LogP) is -4.01. The van der Waals surface area contributed by atoms with Gasteiger partial charge < -0.3 is 48.0 Å². The van der Waals surface area contributed by atoms with E-state index in [-0.39, 0.29) is 71.0 Å². The van der Waals surface area contributed by atoms with Crippen LogP contribution in [0.3, 0.4) is 0 Å². The fourth-order valence-electron chi connectivity index (χ4n) is 0.333. The fraction of sp³-hybridized carbons (Fsp3) is 0.667. The largest absolute Gasteiger partial charge is 2.00 e. The van der Waals surface area contributed by atoms with E-state index in [4.69, 9.17) is 0 Å². The summed E-state index contributed by atoms with van der Waals surface area (Å²) in [5.74, 6) is 0. The minimum Gasteiger partial charge on any atom is -1.00 e. The van der Waals surface area contributed by atoms with Crippen LogP contribution in [0.2, 0.25) is 0 Å². The van der Waals surface area contributed by atoms with Gasteiger partial charge in [-0.2, -0.15) is 0 Å². The van der Waals surface area contributed by atoms with Crippen LogP contribution in [-0.4, -0.2) is 23.1 Å². The van der Waals surface area contributed by atoms with Gasteiger partial charge in [0.2, 0.25) is 0 Å². The van der Waals surface area contributed by atoms with Crippen molar-refractivity contribution in [3.8, 4) is 0 Å². The number of halogens is 2. The summed E-state index contributed by atoms with van der Waals surface area (Å²) in [6.07, 6.45) is 6.71. The van der Waals surface area contributed by atoms with Gasteiger partial charge in [0.25, 0.3) is 0 Å². The summed E-state index contributed by atoms with van der Waals surface area (Å²) in [7, 11) is 0. The Kier molecular flexibility index (Phi) is 56.1. The van der Waals surface area contributed by atoms with Crippen LogP contribution in [0.25, 0.3) is 0 Å². The van der Waals surface area contributed by atoms with Gasteiger partial charge in [-0.25, -0.2) is 0 Å². The summed E-state index contributed by atoms with van der Waals surface area (Å²) < 4.78 is 0. The van der Waals surface area contributed by atoms with Gasteiger partial charge in [0.15, 0.2) is 0 Å². The molecule has 0 aromatic rings. The molecule has 0 aromatic carbocycles. The smallest absolute Gasteiger partial charge is 1.00 e. The van der Waals surface area contributed by atoms with Crippen LogP contribution in [-0.2, 0) is 0 Å². The van der Waals surface area contributed by atoms with Crippen LogP contribution in [0.15, 0.2) is 12.2 Å².